The molecular weight excluding hydrogens is 335 g/mol. The van der Waals surface area contributed by atoms with E-state index >= 15 is 0 Å². The van der Waals surface area contributed by atoms with Gasteiger partial charge in [0.05, 0.1) is 10.6 Å². The molecule has 4 nitrogen and oxygen atoms in total. The van der Waals surface area contributed by atoms with Crippen LogP contribution in [0, 0.1) is 0 Å². The van der Waals surface area contributed by atoms with E-state index in [0.717, 1.165) is 0 Å². The first-order valence-corrected chi connectivity index (χ1v) is 7.79. The van der Waals surface area contributed by atoms with E-state index < -0.39 is 0 Å². The van der Waals surface area contributed by atoms with Crippen LogP contribution in [0.1, 0.15) is 34.6 Å². The summed E-state index contributed by atoms with van der Waals surface area (Å²) in [6, 6.07) is 11.4. The standard InChI is InChI=1S/C17H16Cl2N2O2/c1-10(2)20-16(22)11-3-6-13(7-4-11)21-17(23)14-8-5-12(18)9-15(14)19/h3-10H,1-2H3,(H,20,22)(H,21,23). The van der Waals surface area contributed by atoms with Gasteiger partial charge < -0.3 is 10.6 Å². The topological polar surface area (TPSA) is 58.2 Å². The average molecular weight is 351 g/mol. The molecule has 0 saturated heterocycles. The van der Waals surface area contributed by atoms with Crippen LogP contribution in [0.5, 0.6) is 0 Å². The predicted octanol–water partition coefficient (Wildman–Crippen LogP) is 4.38. The van der Waals surface area contributed by atoms with E-state index in [1.807, 2.05) is 13.8 Å². The summed E-state index contributed by atoms with van der Waals surface area (Å²) in [4.78, 5) is 24.1. The summed E-state index contributed by atoms with van der Waals surface area (Å²) in [5.74, 6) is -0.496. The van der Waals surface area contributed by atoms with Crippen molar-refractivity contribution in [2.24, 2.45) is 0 Å². The highest BCUT2D eigenvalue weighted by Crippen LogP contribution is 2.22. The van der Waals surface area contributed by atoms with E-state index in [2.05, 4.69) is 10.6 Å². The van der Waals surface area contributed by atoms with Crippen molar-refractivity contribution in [2.45, 2.75) is 19.9 Å². The summed E-state index contributed by atoms with van der Waals surface area (Å²) in [6.45, 7) is 3.78. The molecule has 0 atom stereocenters. The van der Waals surface area contributed by atoms with Gasteiger partial charge in [-0.25, -0.2) is 0 Å². The fraction of sp³-hybridized carbons (Fsp3) is 0.176. The summed E-state index contributed by atoms with van der Waals surface area (Å²) in [5.41, 5.74) is 1.43. The fourth-order valence-corrected chi connectivity index (χ4v) is 2.42. The Balaban J connectivity index is 2.08. The molecule has 2 aromatic rings. The Hall–Kier alpha value is -2.04. The first kappa shape index (κ1) is 17.3. The average Bonchev–Trinajstić information content (AvgIpc) is 2.47. The quantitative estimate of drug-likeness (QED) is 0.859. The summed E-state index contributed by atoms with van der Waals surface area (Å²) in [7, 11) is 0. The van der Waals surface area contributed by atoms with E-state index in [1.54, 1.807) is 36.4 Å². The van der Waals surface area contributed by atoms with Crippen molar-refractivity contribution in [3.05, 3.63) is 63.6 Å². The number of amides is 2. The molecule has 120 valence electrons. The second-order valence-corrected chi connectivity index (χ2v) is 6.13. The van der Waals surface area contributed by atoms with E-state index in [4.69, 9.17) is 23.2 Å². The maximum Gasteiger partial charge on any atom is 0.257 e. The number of benzene rings is 2. The van der Waals surface area contributed by atoms with Crippen molar-refractivity contribution in [3.63, 3.8) is 0 Å². The van der Waals surface area contributed by atoms with Gasteiger partial charge in [0, 0.05) is 22.3 Å². The Morgan fingerprint density at radius 3 is 2.17 bits per heavy atom. The maximum absolute atomic E-state index is 12.2. The lowest BCUT2D eigenvalue weighted by Crippen LogP contribution is -2.30. The number of anilines is 1. The highest BCUT2D eigenvalue weighted by molar-refractivity contribution is 6.37. The van der Waals surface area contributed by atoms with Crippen LogP contribution in [-0.2, 0) is 0 Å². The van der Waals surface area contributed by atoms with Crippen LogP contribution in [0.25, 0.3) is 0 Å². The molecule has 0 aliphatic heterocycles. The Morgan fingerprint density at radius 2 is 1.61 bits per heavy atom. The molecule has 0 aliphatic carbocycles. The summed E-state index contributed by atoms with van der Waals surface area (Å²) in [5, 5.41) is 6.27. The molecule has 0 fully saturated rings. The highest BCUT2D eigenvalue weighted by Gasteiger charge is 2.12. The predicted molar refractivity (Wildman–Crippen MR) is 93.5 cm³/mol. The highest BCUT2D eigenvalue weighted by atomic mass is 35.5. The van der Waals surface area contributed by atoms with Crippen LogP contribution in [0.3, 0.4) is 0 Å². The zero-order valence-corrected chi connectivity index (χ0v) is 14.2. The van der Waals surface area contributed by atoms with Crippen molar-refractivity contribution in [1.29, 1.82) is 0 Å². The van der Waals surface area contributed by atoms with Gasteiger partial charge in [-0.1, -0.05) is 23.2 Å². The maximum atomic E-state index is 12.2. The van der Waals surface area contributed by atoms with E-state index in [-0.39, 0.29) is 22.9 Å². The number of nitrogens with one attached hydrogen (secondary N) is 2. The minimum atomic E-state index is -0.342. The van der Waals surface area contributed by atoms with Gasteiger partial charge in [-0.05, 0) is 56.3 Å². The Morgan fingerprint density at radius 1 is 0.957 bits per heavy atom. The molecule has 0 saturated carbocycles. The summed E-state index contributed by atoms with van der Waals surface area (Å²) < 4.78 is 0. The Bertz CT molecular complexity index is 728. The zero-order chi connectivity index (χ0) is 17.0. The van der Waals surface area contributed by atoms with Crippen LogP contribution in [0.15, 0.2) is 42.5 Å². The molecule has 0 aromatic heterocycles. The molecule has 0 heterocycles. The molecule has 23 heavy (non-hydrogen) atoms. The van der Waals surface area contributed by atoms with Crippen molar-refractivity contribution < 1.29 is 9.59 Å². The number of carbonyl (C=O) groups is 2. The number of hydrogen-bond acceptors (Lipinski definition) is 2. The zero-order valence-electron chi connectivity index (χ0n) is 12.7. The fourth-order valence-electron chi connectivity index (χ4n) is 1.92. The van der Waals surface area contributed by atoms with Crippen molar-refractivity contribution in [3.8, 4) is 0 Å². The molecule has 2 N–H and O–H groups in total. The molecule has 0 radical (unpaired) electrons. The van der Waals surface area contributed by atoms with Gasteiger partial charge in [-0.3, -0.25) is 9.59 Å². The molecular formula is C17H16Cl2N2O2. The van der Waals surface area contributed by atoms with Crippen molar-refractivity contribution in [1.82, 2.24) is 5.32 Å². The third kappa shape index (κ3) is 4.71. The first-order chi connectivity index (χ1) is 10.9. The lowest BCUT2D eigenvalue weighted by Gasteiger charge is -2.10. The smallest absolute Gasteiger partial charge is 0.257 e. The molecule has 6 heteroatoms. The van der Waals surface area contributed by atoms with Gasteiger partial charge in [0.2, 0.25) is 0 Å². The van der Waals surface area contributed by atoms with Gasteiger partial charge in [-0.15, -0.1) is 0 Å². The van der Waals surface area contributed by atoms with E-state index in [9.17, 15) is 9.59 Å². The SMILES string of the molecule is CC(C)NC(=O)c1ccc(NC(=O)c2ccc(Cl)cc2Cl)cc1. The van der Waals surface area contributed by atoms with Crippen molar-refractivity contribution in [2.75, 3.05) is 5.32 Å². The second kappa shape index (κ2) is 7.49. The molecule has 2 aromatic carbocycles. The molecule has 0 bridgehead atoms. The molecule has 0 aliphatic rings. The lowest BCUT2D eigenvalue weighted by atomic mass is 10.1. The normalized spacial score (nSPS) is 10.5. The van der Waals surface area contributed by atoms with Crippen LogP contribution < -0.4 is 10.6 Å². The Labute approximate surface area is 144 Å². The third-order valence-corrected chi connectivity index (χ3v) is 3.55. The molecule has 2 rings (SSSR count). The number of carbonyl (C=O) groups excluding carboxylic acids is 2. The number of hydrogen-bond donors (Lipinski definition) is 2. The second-order valence-electron chi connectivity index (χ2n) is 5.28. The summed E-state index contributed by atoms with van der Waals surface area (Å²) in [6.07, 6.45) is 0. The lowest BCUT2D eigenvalue weighted by molar-refractivity contribution is 0.0942. The van der Waals surface area contributed by atoms with Crippen LogP contribution in [0.2, 0.25) is 10.0 Å². The largest absolute Gasteiger partial charge is 0.350 e. The van der Waals surface area contributed by atoms with Gasteiger partial charge in [-0.2, -0.15) is 0 Å². The van der Waals surface area contributed by atoms with Crippen LogP contribution in [0.4, 0.5) is 5.69 Å². The monoisotopic (exact) mass is 350 g/mol. The Kier molecular flexibility index (Phi) is 5.64. The van der Waals surface area contributed by atoms with Gasteiger partial charge >= 0.3 is 0 Å². The molecule has 0 unspecified atom stereocenters. The number of halogens is 2. The van der Waals surface area contributed by atoms with Gasteiger partial charge in [0.1, 0.15) is 0 Å². The van der Waals surface area contributed by atoms with Crippen LogP contribution in [-0.4, -0.2) is 17.9 Å². The minimum Gasteiger partial charge on any atom is -0.350 e. The molecule has 2 amide bonds. The summed E-state index contributed by atoms with van der Waals surface area (Å²) >= 11 is 11.8. The third-order valence-electron chi connectivity index (χ3n) is 3.00. The first-order valence-electron chi connectivity index (χ1n) is 7.04. The number of rotatable bonds is 4. The van der Waals surface area contributed by atoms with Gasteiger partial charge in [0.25, 0.3) is 11.8 Å². The van der Waals surface area contributed by atoms with Gasteiger partial charge in [0.15, 0.2) is 0 Å². The molecule has 0 spiro atoms. The van der Waals surface area contributed by atoms with Crippen LogP contribution >= 0.6 is 23.2 Å². The van der Waals surface area contributed by atoms with E-state index in [0.29, 0.717) is 21.8 Å². The minimum absolute atomic E-state index is 0.0638. The van der Waals surface area contributed by atoms with E-state index in [1.165, 1.54) is 6.07 Å². The van der Waals surface area contributed by atoms with Crippen molar-refractivity contribution >= 4 is 40.7 Å².